The van der Waals surface area contributed by atoms with E-state index in [1.807, 2.05) is 0 Å². The molecule has 0 aromatic heterocycles. The average molecular weight is 1040 g/mol. The summed E-state index contributed by atoms with van der Waals surface area (Å²) >= 11 is 17.9. The first kappa shape index (κ1) is 59.4. The van der Waals surface area contributed by atoms with Crippen molar-refractivity contribution in [3.8, 4) is 17.2 Å². The Bertz CT molecular complexity index is 2060. The Morgan fingerprint density at radius 3 is 1.33 bits per heavy atom. The first-order chi connectivity index (χ1) is 31.0. The lowest BCUT2D eigenvalue weighted by Crippen LogP contribution is -2.33. The van der Waals surface area contributed by atoms with Gasteiger partial charge in [0.1, 0.15) is 79.1 Å². The maximum Gasteiger partial charge on any atom is 0.407 e. The Kier molecular flexibility index (Phi) is 24.3. The molecule has 0 bridgehead atoms. The van der Waals surface area contributed by atoms with Crippen LogP contribution in [0.25, 0.3) is 0 Å². The van der Waals surface area contributed by atoms with E-state index in [9.17, 15) is 41.0 Å². The fourth-order valence-corrected chi connectivity index (χ4v) is 7.71. The summed E-state index contributed by atoms with van der Waals surface area (Å²) in [6, 6.07) is 7.83. The molecule has 3 aliphatic carbocycles. The molecule has 2 amide bonds. The van der Waals surface area contributed by atoms with E-state index in [1.165, 1.54) is 30.3 Å². The SMILES string of the molecule is CC(C)(C)OC(=O)NCC1CC1c1c(O)ccc(F)c1Cl.CC(C)(C)OC(=O)NCC1CC1c1c(OCCF)ccc(F)c1Cl.Cl.NCC1CC1c1c(OCCF)ccc(F)c1Cl.OCCF. The predicted molar refractivity (Wildman–Crippen MR) is 249 cm³/mol. The van der Waals surface area contributed by atoms with Gasteiger partial charge in [0.05, 0.1) is 21.7 Å². The van der Waals surface area contributed by atoms with Gasteiger partial charge in [-0.15, -0.1) is 12.4 Å². The molecule has 11 nitrogen and oxygen atoms in total. The molecule has 67 heavy (non-hydrogen) atoms. The molecule has 6 atom stereocenters. The lowest BCUT2D eigenvalue weighted by molar-refractivity contribution is 0.0513. The second-order valence-corrected chi connectivity index (χ2v) is 18.8. The third kappa shape index (κ3) is 19.3. The van der Waals surface area contributed by atoms with Crippen molar-refractivity contribution in [2.45, 2.75) is 89.8 Å². The van der Waals surface area contributed by atoms with Crippen LogP contribution in [0.1, 0.15) is 95.2 Å². The summed E-state index contributed by atoms with van der Waals surface area (Å²) in [6.07, 6.45) is 1.39. The number of aliphatic hydroxyl groups is 1. The van der Waals surface area contributed by atoms with Crippen LogP contribution < -0.4 is 25.8 Å². The van der Waals surface area contributed by atoms with Crippen molar-refractivity contribution in [2.24, 2.45) is 23.5 Å². The predicted octanol–water partition coefficient (Wildman–Crippen LogP) is 11.5. The van der Waals surface area contributed by atoms with Crippen LogP contribution in [0, 0.1) is 35.2 Å². The second-order valence-electron chi connectivity index (χ2n) is 17.6. The van der Waals surface area contributed by atoms with E-state index in [0.717, 1.165) is 25.3 Å². The number of alkyl halides is 3. The highest BCUT2D eigenvalue weighted by Crippen LogP contribution is 2.55. The van der Waals surface area contributed by atoms with Crippen LogP contribution in [-0.4, -0.2) is 93.1 Å². The molecular weight excluding hydrogens is 978 g/mol. The van der Waals surface area contributed by atoms with Gasteiger partial charge in [-0.05, 0) is 139 Å². The van der Waals surface area contributed by atoms with E-state index >= 15 is 0 Å². The number of aromatic hydroxyl groups is 1. The number of amides is 2. The maximum atomic E-state index is 13.7. The number of carbonyl (C=O) groups excluding carboxylic acids is 2. The monoisotopic (exact) mass is 1040 g/mol. The molecule has 3 aromatic rings. The third-order valence-electron chi connectivity index (χ3n) is 10.0. The molecule has 21 heteroatoms. The fraction of sp³-hybridized carbons (Fsp3) is 0.565. The highest BCUT2D eigenvalue weighted by molar-refractivity contribution is 6.32. The first-order valence-corrected chi connectivity index (χ1v) is 22.5. The number of halogens is 10. The van der Waals surface area contributed by atoms with Crippen molar-refractivity contribution in [2.75, 3.05) is 59.5 Å². The van der Waals surface area contributed by atoms with Crippen LogP contribution in [0.3, 0.4) is 0 Å². The molecule has 3 aromatic carbocycles. The fourth-order valence-electron chi connectivity index (χ4n) is 6.82. The molecule has 3 fully saturated rings. The van der Waals surface area contributed by atoms with Gasteiger partial charge in [0, 0.05) is 29.8 Å². The van der Waals surface area contributed by atoms with Gasteiger partial charge in [-0.25, -0.2) is 35.9 Å². The van der Waals surface area contributed by atoms with E-state index in [-0.39, 0.29) is 82.6 Å². The molecule has 6 N–H and O–H groups in total. The number of alkyl carbamates (subject to hydrolysis) is 2. The molecule has 0 saturated heterocycles. The highest BCUT2D eigenvalue weighted by atomic mass is 35.5. The third-order valence-corrected chi connectivity index (χ3v) is 11.2. The highest BCUT2D eigenvalue weighted by Gasteiger charge is 2.44. The number of rotatable bonds is 15. The number of ether oxygens (including phenoxy) is 4. The summed E-state index contributed by atoms with van der Waals surface area (Å²) in [4.78, 5) is 23.2. The Balaban J connectivity index is 0.000000333. The molecule has 6 rings (SSSR count). The number of phenols is 1. The van der Waals surface area contributed by atoms with Gasteiger partial charge < -0.3 is 45.5 Å². The summed E-state index contributed by atoms with van der Waals surface area (Å²) in [6.45, 7) is 9.72. The minimum absolute atomic E-state index is 0. The van der Waals surface area contributed by atoms with Gasteiger partial charge in [0.2, 0.25) is 0 Å². The largest absolute Gasteiger partial charge is 0.508 e. The maximum absolute atomic E-state index is 13.7. The summed E-state index contributed by atoms with van der Waals surface area (Å²) < 4.78 is 96.4. The number of hydrogen-bond acceptors (Lipinski definition) is 9. The molecule has 0 heterocycles. The molecule has 3 aliphatic rings. The summed E-state index contributed by atoms with van der Waals surface area (Å²) in [5.74, 6) is -0.0739. The van der Waals surface area contributed by atoms with Crippen molar-refractivity contribution in [1.82, 2.24) is 10.6 Å². The number of nitrogens with two attached hydrogens (primary N) is 1. The molecule has 378 valence electrons. The lowest BCUT2D eigenvalue weighted by Gasteiger charge is -2.19. The van der Waals surface area contributed by atoms with Crippen LogP contribution in [0.2, 0.25) is 15.1 Å². The first-order valence-electron chi connectivity index (χ1n) is 21.3. The lowest BCUT2D eigenvalue weighted by atomic mass is 10.1. The Morgan fingerprint density at radius 2 is 0.985 bits per heavy atom. The topological polar surface area (TPSA) is 162 Å². The number of benzene rings is 3. The minimum Gasteiger partial charge on any atom is -0.508 e. The van der Waals surface area contributed by atoms with E-state index < -0.39 is 60.9 Å². The van der Waals surface area contributed by atoms with Crippen LogP contribution >= 0.6 is 47.2 Å². The normalized spacial score (nSPS) is 19.8. The van der Waals surface area contributed by atoms with Crippen molar-refractivity contribution >= 4 is 59.4 Å². The molecular formula is C46H61Cl4F6N3O8. The van der Waals surface area contributed by atoms with Crippen molar-refractivity contribution < 1.29 is 65.1 Å². The smallest absolute Gasteiger partial charge is 0.407 e. The van der Waals surface area contributed by atoms with Gasteiger partial charge in [0.15, 0.2) is 0 Å². The molecule has 6 unspecified atom stereocenters. The summed E-state index contributed by atoms with van der Waals surface area (Å²) in [5.41, 5.74) is 6.06. The zero-order valence-corrected chi connectivity index (χ0v) is 41.2. The van der Waals surface area contributed by atoms with E-state index in [0.29, 0.717) is 53.7 Å². The quantitative estimate of drug-likeness (QED) is 0.0933. The van der Waals surface area contributed by atoms with E-state index in [2.05, 4.69) is 10.6 Å². The van der Waals surface area contributed by atoms with Crippen molar-refractivity contribution in [1.29, 1.82) is 0 Å². The van der Waals surface area contributed by atoms with Gasteiger partial charge in [-0.1, -0.05) is 34.8 Å². The van der Waals surface area contributed by atoms with Gasteiger partial charge >= 0.3 is 12.2 Å². The van der Waals surface area contributed by atoms with Gasteiger partial charge in [-0.3, -0.25) is 0 Å². The number of aliphatic hydroxyl groups excluding tert-OH is 1. The number of nitrogens with one attached hydrogen (secondary N) is 2. The summed E-state index contributed by atoms with van der Waals surface area (Å²) in [7, 11) is 0. The molecule has 0 radical (unpaired) electrons. The van der Waals surface area contributed by atoms with Crippen LogP contribution in [0.5, 0.6) is 17.2 Å². The Morgan fingerprint density at radius 1 is 0.642 bits per heavy atom. The van der Waals surface area contributed by atoms with Crippen LogP contribution in [-0.2, 0) is 9.47 Å². The van der Waals surface area contributed by atoms with Crippen molar-refractivity contribution in [3.05, 3.63) is 85.6 Å². The number of hydrogen-bond donors (Lipinski definition) is 5. The Hall–Kier alpha value is -3.74. The standard InChI is InChI=1S/C17H22ClF2NO3.C15H19ClFNO3.C12H14ClF2NO.C2H5FO.ClH/c1-17(2,3)24-16(22)21-9-10-8-11(10)14-13(23-7-6-19)5-4-12(20)15(14)18;1-15(2,3)21-14(20)18-7-8-6-9(8)12-11(19)5-4-10(17)13(12)16;13-12-9(15)1-2-10(17-4-3-14)11(12)8-5-7(8)6-16;3-1-2-4;/h4-5,10-11H,6-9H2,1-3H3,(H,21,22);4-5,8-9,19H,6-7H2,1-3H3,(H,18,20);1-2,7-8H,3-6,16H2;4H,1-2H2;1H. The number of phenolic OH excluding ortho intramolecular Hbond substituents is 1. The average Bonchev–Trinajstić information content (AvgIpc) is 4.16. The van der Waals surface area contributed by atoms with Gasteiger partial charge in [-0.2, -0.15) is 0 Å². The van der Waals surface area contributed by atoms with E-state index in [1.54, 1.807) is 41.5 Å². The molecule has 3 saturated carbocycles. The molecule has 0 aliphatic heterocycles. The minimum atomic E-state index is -0.636. The summed E-state index contributed by atoms with van der Waals surface area (Å²) in [5, 5.41) is 22.7. The van der Waals surface area contributed by atoms with Crippen LogP contribution in [0.15, 0.2) is 36.4 Å². The van der Waals surface area contributed by atoms with Gasteiger partial charge in [0.25, 0.3) is 0 Å². The van der Waals surface area contributed by atoms with E-state index in [4.69, 9.17) is 64.6 Å². The molecule has 0 spiro atoms. The number of carbonyl (C=O) groups is 2. The zero-order valence-electron chi connectivity index (χ0n) is 38.1. The second kappa shape index (κ2) is 27.4. The van der Waals surface area contributed by atoms with Crippen LogP contribution in [0.4, 0.5) is 35.9 Å². The Labute approximate surface area is 409 Å². The van der Waals surface area contributed by atoms with Crippen molar-refractivity contribution in [3.63, 3.8) is 0 Å². The zero-order chi connectivity index (χ0) is 49.5.